The average Bonchev–Trinajstić information content (AvgIpc) is 3.22. The van der Waals surface area contributed by atoms with Crippen LogP contribution in [-0.4, -0.2) is 57.5 Å². The Morgan fingerprint density at radius 1 is 1.35 bits per heavy atom. The van der Waals surface area contributed by atoms with Gasteiger partial charge in [-0.15, -0.1) is 0 Å². The number of aliphatic imine (C=N–C) groups is 1. The lowest BCUT2D eigenvalue weighted by molar-refractivity contribution is -0.0505. The van der Waals surface area contributed by atoms with Gasteiger partial charge in [0.05, 0.1) is 0 Å². The maximum atomic E-state index is 12.7. The number of alkyl halides is 2. The molecule has 0 aromatic heterocycles. The van der Waals surface area contributed by atoms with Crippen molar-refractivity contribution in [2.24, 2.45) is 4.99 Å². The van der Waals surface area contributed by atoms with Crippen molar-refractivity contribution in [1.29, 1.82) is 0 Å². The van der Waals surface area contributed by atoms with Crippen molar-refractivity contribution in [1.82, 2.24) is 15.5 Å². The molecule has 0 spiro atoms. The summed E-state index contributed by atoms with van der Waals surface area (Å²) >= 11 is 0. The van der Waals surface area contributed by atoms with E-state index in [0.29, 0.717) is 29.1 Å². The van der Waals surface area contributed by atoms with Crippen molar-refractivity contribution < 1.29 is 23.0 Å². The van der Waals surface area contributed by atoms with Crippen LogP contribution in [0.25, 0.3) is 0 Å². The number of likely N-dealkylation sites (tertiary alicyclic amines) is 1. The second kappa shape index (κ2) is 8.39. The Labute approximate surface area is 151 Å². The minimum Gasteiger partial charge on any atom is -0.454 e. The third kappa shape index (κ3) is 4.46. The molecule has 7 nitrogen and oxygen atoms in total. The molecule has 1 aromatic rings. The van der Waals surface area contributed by atoms with Gasteiger partial charge < -0.3 is 29.7 Å². The van der Waals surface area contributed by atoms with Gasteiger partial charge in [0, 0.05) is 37.8 Å². The second-order valence-corrected chi connectivity index (χ2v) is 6.28. The van der Waals surface area contributed by atoms with Crippen molar-refractivity contribution >= 4 is 5.96 Å². The third-order valence-corrected chi connectivity index (χ3v) is 4.62. The molecule has 3 rings (SSSR count). The minimum atomic E-state index is -2.91. The fourth-order valence-electron chi connectivity index (χ4n) is 3.16. The quantitative estimate of drug-likeness (QED) is 0.588. The van der Waals surface area contributed by atoms with Crippen molar-refractivity contribution in [3.05, 3.63) is 17.7 Å². The zero-order chi connectivity index (χ0) is 18.5. The van der Waals surface area contributed by atoms with E-state index in [9.17, 15) is 8.78 Å². The molecule has 26 heavy (non-hydrogen) atoms. The monoisotopic (exact) mass is 370 g/mol. The summed E-state index contributed by atoms with van der Waals surface area (Å²) in [6, 6.07) is 3.54. The standard InChI is InChI=1S/C17H24F2N4O3/c1-20-17(22-9-12-4-3-5-23(12)2)21-8-11-6-14-15(25-10-24-14)7-13(11)26-16(18)19/h6-7,12,16H,3-5,8-10H2,1-2H3,(H2,20,21,22). The highest BCUT2D eigenvalue weighted by Gasteiger charge is 2.22. The Balaban J connectivity index is 1.61. The molecule has 1 aromatic carbocycles. The maximum Gasteiger partial charge on any atom is 0.387 e. The van der Waals surface area contributed by atoms with Gasteiger partial charge in [-0.2, -0.15) is 8.78 Å². The molecule has 0 saturated carbocycles. The lowest BCUT2D eigenvalue weighted by Gasteiger charge is -2.21. The highest BCUT2D eigenvalue weighted by Crippen LogP contribution is 2.38. The van der Waals surface area contributed by atoms with Gasteiger partial charge >= 0.3 is 6.61 Å². The summed E-state index contributed by atoms with van der Waals surface area (Å²) in [6.45, 7) is -0.705. The van der Waals surface area contributed by atoms with Gasteiger partial charge in [0.2, 0.25) is 6.79 Å². The molecule has 2 aliphatic heterocycles. The molecule has 1 saturated heterocycles. The first-order chi connectivity index (χ1) is 12.6. The normalized spacial score (nSPS) is 19.9. The van der Waals surface area contributed by atoms with Crippen molar-refractivity contribution in [2.45, 2.75) is 32.0 Å². The number of halogens is 2. The number of nitrogens with zero attached hydrogens (tertiary/aromatic N) is 2. The predicted octanol–water partition coefficient (Wildman–Crippen LogP) is 1.78. The highest BCUT2D eigenvalue weighted by atomic mass is 19.3. The smallest absolute Gasteiger partial charge is 0.387 e. The number of fused-ring (bicyclic) bond motifs is 1. The molecule has 2 aliphatic rings. The van der Waals surface area contributed by atoms with E-state index in [1.165, 1.54) is 12.5 Å². The number of rotatable bonds is 6. The number of guanidine groups is 1. The van der Waals surface area contributed by atoms with Crippen LogP contribution in [0.2, 0.25) is 0 Å². The number of likely N-dealkylation sites (N-methyl/N-ethyl adjacent to an activating group) is 1. The molecule has 0 aliphatic carbocycles. The van der Waals surface area contributed by atoms with Gasteiger partial charge in [0.15, 0.2) is 17.5 Å². The van der Waals surface area contributed by atoms with Gasteiger partial charge in [-0.05, 0) is 32.5 Å². The number of hydrogen-bond acceptors (Lipinski definition) is 5. The van der Waals surface area contributed by atoms with Crippen molar-refractivity contribution in [3.63, 3.8) is 0 Å². The van der Waals surface area contributed by atoms with E-state index in [-0.39, 0.29) is 19.1 Å². The van der Waals surface area contributed by atoms with E-state index in [2.05, 4.69) is 32.3 Å². The van der Waals surface area contributed by atoms with Crippen LogP contribution in [0.4, 0.5) is 8.78 Å². The average molecular weight is 370 g/mol. The van der Waals surface area contributed by atoms with Crippen LogP contribution in [0, 0.1) is 0 Å². The topological polar surface area (TPSA) is 67.4 Å². The second-order valence-electron chi connectivity index (χ2n) is 6.28. The van der Waals surface area contributed by atoms with Gasteiger partial charge in [0.1, 0.15) is 5.75 Å². The summed E-state index contributed by atoms with van der Waals surface area (Å²) in [7, 11) is 3.78. The van der Waals surface area contributed by atoms with E-state index in [1.807, 2.05) is 0 Å². The molecular formula is C17H24F2N4O3. The van der Waals surface area contributed by atoms with Gasteiger partial charge in [-0.3, -0.25) is 4.99 Å². The van der Waals surface area contributed by atoms with Crippen molar-refractivity contribution in [3.8, 4) is 17.2 Å². The summed E-state index contributed by atoms with van der Waals surface area (Å²) in [5.41, 5.74) is 0.537. The molecule has 2 N–H and O–H groups in total. The largest absolute Gasteiger partial charge is 0.454 e. The number of benzene rings is 1. The van der Waals surface area contributed by atoms with Gasteiger partial charge in [-0.25, -0.2) is 0 Å². The molecule has 9 heteroatoms. The maximum absolute atomic E-state index is 12.7. The Morgan fingerprint density at radius 3 is 2.77 bits per heavy atom. The molecule has 2 heterocycles. The summed E-state index contributed by atoms with van der Waals surface area (Å²) < 4.78 is 40.5. The zero-order valence-corrected chi connectivity index (χ0v) is 14.9. The Morgan fingerprint density at radius 2 is 2.12 bits per heavy atom. The Bertz CT molecular complexity index is 657. The lowest BCUT2D eigenvalue weighted by atomic mass is 10.1. The first kappa shape index (κ1) is 18.5. The Hall–Kier alpha value is -2.29. The van der Waals surface area contributed by atoms with E-state index in [4.69, 9.17) is 9.47 Å². The lowest BCUT2D eigenvalue weighted by Crippen LogP contribution is -2.43. The highest BCUT2D eigenvalue weighted by molar-refractivity contribution is 5.79. The molecule has 1 atom stereocenters. The summed E-state index contributed by atoms with van der Waals surface area (Å²) in [5, 5.41) is 6.41. The van der Waals surface area contributed by atoms with Crippen LogP contribution >= 0.6 is 0 Å². The van der Waals surface area contributed by atoms with Crippen LogP contribution in [0.5, 0.6) is 17.2 Å². The van der Waals surface area contributed by atoms with Gasteiger partial charge in [0.25, 0.3) is 0 Å². The Kier molecular flexibility index (Phi) is 5.97. The van der Waals surface area contributed by atoms with E-state index < -0.39 is 6.61 Å². The van der Waals surface area contributed by atoms with Gasteiger partial charge in [-0.1, -0.05) is 0 Å². The fourth-order valence-corrected chi connectivity index (χ4v) is 3.16. The van der Waals surface area contributed by atoms with Crippen LogP contribution in [0.3, 0.4) is 0 Å². The fraction of sp³-hybridized carbons (Fsp3) is 0.588. The number of ether oxygens (including phenoxy) is 3. The molecular weight excluding hydrogens is 346 g/mol. The predicted molar refractivity (Wildman–Crippen MR) is 93.1 cm³/mol. The van der Waals surface area contributed by atoms with Crippen LogP contribution in [0.1, 0.15) is 18.4 Å². The van der Waals surface area contributed by atoms with E-state index in [1.54, 1.807) is 13.1 Å². The van der Waals surface area contributed by atoms with Crippen LogP contribution in [-0.2, 0) is 6.54 Å². The SMILES string of the molecule is CN=C(NCc1cc2c(cc1OC(F)F)OCO2)NCC1CCCN1C. The summed E-state index contributed by atoms with van der Waals surface area (Å²) in [4.78, 5) is 6.50. The minimum absolute atomic E-state index is 0.0581. The summed E-state index contributed by atoms with van der Waals surface area (Å²) in [5.74, 6) is 1.57. The molecule has 1 unspecified atom stereocenters. The molecule has 0 radical (unpaired) electrons. The molecule has 1 fully saturated rings. The van der Waals surface area contributed by atoms with Crippen molar-refractivity contribution in [2.75, 3.05) is 34.0 Å². The first-order valence-electron chi connectivity index (χ1n) is 8.59. The molecule has 0 bridgehead atoms. The van der Waals surface area contributed by atoms with E-state index in [0.717, 1.165) is 19.5 Å². The molecule has 0 amide bonds. The number of hydrogen-bond donors (Lipinski definition) is 2. The first-order valence-corrected chi connectivity index (χ1v) is 8.59. The van der Waals surface area contributed by atoms with E-state index >= 15 is 0 Å². The van der Waals surface area contributed by atoms with Crippen LogP contribution in [0.15, 0.2) is 17.1 Å². The number of nitrogens with one attached hydrogen (secondary N) is 2. The molecule has 144 valence electrons. The third-order valence-electron chi connectivity index (χ3n) is 4.62. The zero-order valence-electron chi connectivity index (χ0n) is 14.9. The summed E-state index contributed by atoms with van der Waals surface area (Å²) in [6.07, 6.45) is 2.34. The van der Waals surface area contributed by atoms with Crippen LogP contribution < -0.4 is 24.8 Å².